The van der Waals surface area contributed by atoms with Crippen LogP contribution in [0.3, 0.4) is 0 Å². The lowest BCUT2D eigenvalue weighted by Crippen LogP contribution is -2.31. The molecule has 2 aromatic carbocycles. The van der Waals surface area contributed by atoms with Crippen molar-refractivity contribution in [1.29, 1.82) is 0 Å². The van der Waals surface area contributed by atoms with Gasteiger partial charge in [-0.25, -0.2) is 14.6 Å². The molecule has 4 N–H and O–H groups in total. The van der Waals surface area contributed by atoms with Crippen LogP contribution in [0.15, 0.2) is 42.5 Å². The summed E-state index contributed by atoms with van der Waals surface area (Å²) in [7, 11) is 7.41. The number of rotatable bonds is 9. The number of nitrogens with one attached hydrogen (secondary N) is 2. The Hall–Kier alpha value is -4.54. The number of hydrogen-bond acceptors (Lipinski definition) is 9. The summed E-state index contributed by atoms with van der Waals surface area (Å²) in [6, 6.07) is 14.6. The fourth-order valence-corrected chi connectivity index (χ4v) is 4.66. The third kappa shape index (κ3) is 12.3. The second-order valence-electron chi connectivity index (χ2n) is 10.5. The molecule has 11 nitrogen and oxygen atoms in total. The maximum Gasteiger partial charge on any atom is 0.490 e. The molecule has 4 rings (SSSR count). The summed E-state index contributed by atoms with van der Waals surface area (Å²) < 4.78 is 74.4. The van der Waals surface area contributed by atoms with Crippen molar-refractivity contribution in [3.63, 3.8) is 0 Å². The van der Waals surface area contributed by atoms with Crippen molar-refractivity contribution in [3.05, 3.63) is 48.0 Å². The number of nitrogens with zero attached hydrogens (tertiary/aromatic N) is 3. The van der Waals surface area contributed by atoms with E-state index in [0.29, 0.717) is 12.0 Å². The maximum atomic E-state index is 10.6. The van der Waals surface area contributed by atoms with Crippen LogP contribution in [0.4, 0.5) is 38.1 Å². The normalized spacial score (nSPS) is 16.1. The molecule has 1 fully saturated rings. The Morgan fingerprint density at radius 2 is 1.45 bits per heavy atom. The lowest BCUT2D eigenvalue weighted by Gasteiger charge is -2.29. The predicted octanol–water partition coefficient (Wildman–Crippen LogP) is 5.74. The average Bonchev–Trinajstić information content (AvgIpc) is 3.01. The number of carbonyl (C=O) groups is 2. The number of halogens is 6. The Labute approximate surface area is 266 Å². The average molecular weight is 678 g/mol. The fourth-order valence-electron chi connectivity index (χ4n) is 4.66. The summed E-state index contributed by atoms with van der Waals surface area (Å²) in [6.07, 6.45) is -5.54. The number of hydrogen-bond donors (Lipinski definition) is 4. The first kappa shape index (κ1) is 38.6. The molecule has 17 heteroatoms. The highest BCUT2D eigenvalue weighted by atomic mass is 19.4. The SMILES string of the molecule is COc1cccc(CNCC2CCC(Nc3nc(N(C)C)c4ccccc4n3)CC2)c1OC.O=C(O)C(F)(F)F.O=C(O)C(F)(F)F. The summed E-state index contributed by atoms with van der Waals surface area (Å²) in [6.45, 7) is 1.78. The number of carboxylic acids is 2. The van der Waals surface area contributed by atoms with Crippen LogP contribution in [0.1, 0.15) is 31.2 Å². The molecular weight excluding hydrogens is 640 g/mol. The van der Waals surface area contributed by atoms with Crippen LogP contribution in [0.25, 0.3) is 10.9 Å². The molecule has 0 aliphatic heterocycles. The minimum Gasteiger partial charge on any atom is -0.493 e. The topological polar surface area (TPSA) is 146 Å². The molecule has 3 aromatic rings. The van der Waals surface area contributed by atoms with Crippen molar-refractivity contribution in [2.24, 2.45) is 5.92 Å². The van der Waals surface area contributed by atoms with Crippen LogP contribution in [-0.2, 0) is 16.1 Å². The summed E-state index contributed by atoms with van der Waals surface area (Å²) in [5.41, 5.74) is 2.10. The summed E-state index contributed by atoms with van der Waals surface area (Å²) in [5, 5.41) is 22.5. The van der Waals surface area contributed by atoms with E-state index in [4.69, 9.17) is 39.2 Å². The lowest BCUT2D eigenvalue weighted by atomic mass is 9.86. The van der Waals surface area contributed by atoms with Gasteiger partial charge in [-0.2, -0.15) is 31.3 Å². The van der Waals surface area contributed by atoms with E-state index in [0.717, 1.165) is 65.7 Å². The van der Waals surface area contributed by atoms with Gasteiger partial charge in [-0.15, -0.1) is 0 Å². The first-order chi connectivity index (χ1) is 22.0. The molecule has 0 amide bonds. The van der Waals surface area contributed by atoms with E-state index in [2.05, 4.69) is 33.7 Å². The minimum absolute atomic E-state index is 0.413. The highest BCUT2D eigenvalue weighted by Gasteiger charge is 2.38. The van der Waals surface area contributed by atoms with Gasteiger partial charge in [-0.1, -0.05) is 24.3 Å². The molecule has 1 aliphatic rings. The molecule has 1 heterocycles. The number of para-hydroxylation sites is 2. The number of methoxy groups -OCH3 is 2. The Morgan fingerprint density at radius 1 is 0.872 bits per heavy atom. The molecule has 1 aromatic heterocycles. The second-order valence-corrected chi connectivity index (χ2v) is 10.5. The molecule has 0 spiro atoms. The van der Waals surface area contributed by atoms with E-state index < -0.39 is 24.3 Å². The van der Waals surface area contributed by atoms with E-state index in [-0.39, 0.29) is 0 Å². The number of fused-ring (bicyclic) bond motifs is 1. The van der Waals surface area contributed by atoms with Crippen molar-refractivity contribution in [1.82, 2.24) is 15.3 Å². The number of carboxylic acid groups (broad SMARTS) is 2. The molecular formula is C30H37F6N5O6. The molecule has 0 bridgehead atoms. The zero-order valence-electron chi connectivity index (χ0n) is 26.1. The van der Waals surface area contributed by atoms with Gasteiger partial charge < -0.3 is 35.2 Å². The first-order valence-electron chi connectivity index (χ1n) is 14.2. The molecule has 0 saturated heterocycles. The van der Waals surface area contributed by atoms with Crippen LogP contribution >= 0.6 is 0 Å². The number of ether oxygens (including phenoxy) is 2. The number of benzene rings is 2. The molecule has 1 aliphatic carbocycles. The van der Waals surface area contributed by atoms with Gasteiger partial charge in [0.1, 0.15) is 5.82 Å². The molecule has 260 valence electrons. The van der Waals surface area contributed by atoms with Crippen molar-refractivity contribution in [2.75, 3.05) is 45.1 Å². The Morgan fingerprint density at radius 3 is 1.96 bits per heavy atom. The predicted molar refractivity (Wildman–Crippen MR) is 162 cm³/mol. The number of anilines is 2. The molecule has 1 saturated carbocycles. The van der Waals surface area contributed by atoms with Gasteiger partial charge >= 0.3 is 24.3 Å². The Bertz CT molecular complexity index is 1440. The van der Waals surface area contributed by atoms with Crippen molar-refractivity contribution in [3.8, 4) is 11.5 Å². The summed E-state index contributed by atoms with van der Waals surface area (Å²) >= 11 is 0. The van der Waals surface area contributed by atoms with E-state index in [9.17, 15) is 26.3 Å². The van der Waals surface area contributed by atoms with E-state index in [1.54, 1.807) is 14.2 Å². The number of alkyl halides is 6. The number of aliphatic carboxylic acids is 2. The van der Waals surface area contributed by atoms with Crippen molar-refractivity contribution < 1.29 is 55.6 Å². The third-order valence-electron chi connectivity index (χ3n) is 6.90. The molecule has 0 radical (unpaired) electrons. The monoisotopic (exact) mass is 677 g/mol. The fraction of sp³-hybridized carbons (Fsp3) is 0.467. The van der Waals surface area contributed by atoms with Crippen LogP contribution in [0.5, 0.6) is 11.5 Å². The molecule has 0 atom stereocenters. The van der Waals surface area contributed by atoms with Gasteiger partial charge in [0.2, 0.25) is 5.95 Å². The van der Waals surface area contributed by atoms with E-state index in [1.807, 2.05) is 38.4 Å². The summed E-state index contributed by atoms with van der Waals surface area (Å²) in [5.74, 6) is -1.57. The van der Waals surface area contributed by atoms with Crippen LogP contribution < -0.4 is 25.0 Å². The van der Waals surface area contributed by atoms with E-state index in [1.165, 1.54) is 12.8 Å². The second kappa shape index (κ2) is 17.4. The zero-order valence-corrected chi connectivity index (χ0v) is 26.1. The van der Waals surface area contributed by atoms with Gasteiger partial charge in [0, 0.05) is 37.6 Å². The lowest BCUT2D eigenvalue weighted by molar-refractivity contribution is -0.193. The third-order valence-corrected chi connectivity index (χ3v) is 6.90. The highest BCUT2D eigenvalue weighted by Crippen LogP contribution is 2.31. The smallest absolute Gasteiger partial charge is 0.490 e. The Kier molecular flexibility index (Phi) is 14.3. The van der Waals surface area contributed by atoms with Crippen molar-refractivity contribution in [2.45, 2.75) is 50.6 Å². The largest absolute Gasteiger partial charge is 0.493 e. The van der Waals surface area contributed by atoms with Gasteiger partial charge in [-0.05, 0) is 56.3 Å². The number of aromatic nitrogens is 2. The standard InChI is InChI=1S/C26H35N5O2.2C2HF3O2/c1-31(2)25-21-9-5-6-10-22(21)29-26(30-25)28-20-14-12-18(13-15-20)16-27-17-19-8-7-11-23(32-3)24(19)33-4;2*3-2(4,5)1(6)7/h5-11,18,20,27H,12-17H2,1-4H3,(H,28,29,30);2*(H,6,7). The van der Waals surface area contributed by atoms with Crippen molar-refractivity contribution >= 4 is 34.6 Å². The highest BCUT2D eigenvalue weighted by molar-refractivity contribution is 5.90. The Balaban J connectivity index is 0.000000459. The van der Waals surface area contributed by atoms with E-state index >= 15 is 0 Å². The maximum absolute atomic E-state index is 10.6. The zero-order chi connectivity index (χ0) is 35.4. The molecule has 47 heavy (non-hydrogen) atoms. The summed E-state index contributed by atoms with van der Waals surface area (Å²) in [4.78, 5) is 29.4. The van der Waals surface area contributed by atoms with Gasteiger partial charge in [-0.3, -0.25) is 0 Å². The quantitative estimate of drug-likeness (QED) is 0.206. The van der Waals surface area contributed by atoms with Crippen LogP contribution in [0, 0.1) is 5.92 Å². The first-order valence-corrected chi connectivity index (χ1v) is 14.2. The molecule has 0 unspecified atom stereocenters. The van der Waals surface area contributed by atoms with Gasteiger partial charge in [0.15, 0.2) is 11.5 Å². The van der Waals surface area contributed by atoms with Crippen LogP contribution in [0.2, 0.25) is 0 Å². The minimum atomic E-state index is -5.08. The van der Waals surface area contributed by atoms with Crippen LogP contribution in [-0.4, -0.2) is 85.4 Å². The van der Waals surface area contributed by atoms with Gasteiger partial charge in [0.25, 0.3) is 0 Å². The van der Waals surface area contributed by atoms with Gasteiger partial charge in [0.05, 0.1) is 19.7 Å².